The number of hydrogen-bond donors (Lipinski definition) is 0. The van der Waals surface area contributed by atoms with Gasteiger partial charge in [0, 0.05) is 12.0 Å². The van der Waals surface area contributed by atoms with Gasteiger partial charge in [0.2, 0.25) is 0 Å². The predicted molar refractivity (Wildman–Crippen MR) is 89.8 cm³/mol. The average molecular weight is 310 g/mol. The van der Waals surface area contributed by atoms with Gasteiger partial charge in [-0.1, -0.05) is 39.2 Å². The summed E-state index contributed by atoms with van der Waals surface area (Å²) in [6.07, 6.45) is 12.1. The molecule has 1 saturated heterocycles. The SMILES string of the molecule is C=COCC1CCC(CCCCOCC2(CC)COC2)CC1. The molecule has 1 aliphatic heterocycles. The first-order chi connectivity index (χ1) is 10.8. The summed E-state index contributed by atoms with van der Waals surface area (Å²) < 4.78 is 16.5. The predicted octanol–water partition coefficient (Wildman–Crippen LogP) is 4.57. The van der Waals surface area contributed by atoms with Crippen molar-refractivity contribution >= 4 is 0 Å². The molecule has 22 heavy (non-hydrogen) atoms. The topological polar surface area (TPSA) is 27.7 Å². The highest BCUT2D eigenvalue weighted by Gasteiger charge is 2.36. The summed E-state index contributed by atoms with van der Waals surface area (Å²) in [5.74, 6) is 1.69. The van der Waals surface area contributed by atoms with Gasteiger partial charge in [-0.3, -0.25) is 0 Å². The molecule has 0 radical (unpaired) electrons. The molecule has 0 N–H and O–H groups in total. The Morgan fingerprint density at radius 2 is 1.86 bits per heavy atom. The quantitative estimate of drug-likeness (QED) is 0.413. The summed E-state index contributed by atoms with van der Waals surface area (Å²) in [5, 5.41) is 0. The van der Waals surface area contributed by atoms with Crippen molar-refractivity contribution in [3.63, 3.8) is 0 Å². The van der Waals surface area contributed by atoms with Crippen molar-refractivity contribution in [1.29, 1.82) is 0 Å². The Labute approximate surface area is 136 Å². The van der Waals surface area contributed by atoms with Gasteiger partial charge in [0.15, 0.2) is 0 Å². The summed E-state index contributed by atoms with van der Waals surface area (Å²) in [7, 11) is 0. The largest absolute Gasteiger partial charge is 0.502 e. The average Bonchev–Trinajstić information content (AvgIpc) is 2.52. The summed E-state index contributed by atoms with van der Waals surface area (Å²) in [6.45, 7) is 10.3. The second-order valence-corrected chi connectivity index (χ2v) is 7.28. The summed E-state index contributed by atoms with van der Waals surface area (Å²) in [6, 6.07) is 0. The molecule has 2 rings (SSSR count). The molecule has 0 unspecified atom stereocenters. The molecule has 0 amide bonds. The van der Waals surface area contributed by atoms with Crippen LogP contribution in [0.1, 0.15) is 58.3 Å². The van der Waals surface area contributed by atoms with Crippen LogP contribution in [0.5, 0.6) is 0 Å². The van der Waals surface area contributed by atoms with E-state index in [-0.39, 0.29) is 0 Å². The van der Waals surface area contributed by atoms with Gasteiger partial charge >= 0.3 is 0 Å². The number of hydrogen-bond acceptors (Lipinski definition) is 3. The lowest BCUT2D eigenvalue weighted by atomic mass is 9.80. The minimum Gasteiger partial charge on any atom is -0.502 e. The van der Waals surface area contributed by atoms with Gasteiger partial charge in [0.05, 0.1) is 32.7 Å². The molecule has 0 aromatic heterocycles. The van der Waals surface area contributed by atoms with Crippen molar-refractivity contribution in [2.24, 2.45) is 17.3 Å². The maximum atomic E-state index is 5.88. The Bertz CT molecular complexity index is 298. The Morgan fingerprint density at radius 3 is 2.45 bits per heavy atom. The van der Waals surface area contributed by atoms with E-state index < -0.39 is 0 Å². The van der Waals surface area contributed by atoms with E-state index in [2.05, 4.69) is 13.5 Å². The lowest BCUT2D eigenvalue weighted by Gasteiger charge is -2.40. The lowest BCUT2D eigenvalue weighted by Crippen LogP contribution is -2.45. The fourth-order valence-electron chi connectivity index (χ4n) is 3.60. The molecule has 3 nitrogen and oxygen atoms in total. The highest BCUT2D eigenvalue weighted by atomic mass is 16.5. The zero-order chi connectivity index (χ0) is 15.7. The van der Waals surface area contributed by atoms with Crippen molar-refractivity contribution in [1.82, 2.24) is 0 Å². The highest BCUT2D eigenvalue weighted by Crippen LogP contribution is 2.33. The van der Waals surface area contributed by atoms with Crippen LogP contribution in [0.4, 0.5) is 0 Å². The maximum Gasteiger partial charge on any atom is 0.0901 e. The molecular weight excluding hydrogens is 276 g/mol. The van der Waals surface area contributed by atoms with E-state index in [4.69, 9.17) is 14.2 Å². The Hall–Kier alpha value is -0.540. The second kappa shape index (κ2) is 9.57. The first kappa shape index (κ1) is 17.8. The first-order valence-electron chi connectivity index (χ1n) is 9.16. The van der Waals surface area contributed by atoms with E-state index in [1.54, 1.807) is 6.26 Å². The van der Waals surface area contributed by atoms with Gasteiger partial charge in [-0.05, 0) is 37.5 Å². The third-order valence-electron chi connectivity index (χ3n) is 5.54. The zero-order valence-electron chi connectivity index (χ0n) is 14.4. The molecule has 128 valence electrons. The van der Waals surface area contributed by atoms with Crippen LogP contribution < -0.4 is 0 Å². The van der Waals surface area contributed by atoms with E-state index >= 15 is 0 Å². The zero-order valence-corrected chi connectivity index (χ0v) is 14.4. The maximum absolute atomic E-state index is 5.88. The fraction of sp³-hybridized carbons (Fsp3) is 0.895. The molecule has 1 aliphatic carbocycles. The molecule has 2 fully saturated rings. The second-order valence-electron chi connectivity index (χ2n) is 7.28. The van der Waals surface area contributed by atoms with Crippen LogP contribution in [-0.4, -0.2) is 33.0 Å². The van der Waals surface area contributed by atoms with Crippen LogP contribution in [0.25, 0.3) is 0 Å². The summed E-state index contributed by atoms with van der Waals surface area (Å²) >= 11 is 0. The van der Waals surface area contributed by atoms with Crippen molar-refractivity contribution in [2.75, 3.05) is 33.0 Å². The van der Waals surface area contributed by atoms with Gasteiger partial charge < -0.3 is 14.2 Å². The first-order valence-corrected chi connectivity index (χ1v) is 9.16. The monoisotopic (exact) mass is 310 g/mol. The van der Waals surface area contributed by atoms with Gasteiger partial charge in [0.25, 0.3) is 0 Å². The molecule has 1 heterocycles. The van der Waals surface area contributed by atoms with Crippen molar-refractivity contribution in [3.05, 3.63) is 12.8 Å². The third-order valence-corrected chi connectivity index (χ3v) is 5.54. The lowest BCUT2D eigenvalue weighted by molar-refractivity contribution is -0.150. The fourth-order valence-corrected chi connectivity index (χ4v) is 3.60. The van der Waals surface area contributed by atoms with Gasteiger partial charge in [0.1, 0.15) is 0 Å². The number of rotatable bonds is 11. The third kappa shape index (κ3) is 5.58. The molecule has 2 aliphatic rings. The number of unbranched alkanes of at least 4 members (excludes halogenated alkanes) is 1. The minimum absolute atomic E-state index is 0.339. The van der Waals surface area contributed by atoms with E-state index in [0.29, 0.717) is 5.41 Å². The van der Waals surface area contributed by atoms with E-state index in [0.717, 1.165) is 44.9 Å². The van der Waals surface area contributed by atoms with Crippen molar-refractivity contribution in [2.45, 2.75) is 58.3 Å². The van der Waals surface area contributed by atoms with Crippen molar-refractivity contribution in [3.8, 4) is 0 Å². The molecule has 1 saturated carbocycles. The van der Waals surface area contributed by atoms with E-state index in [1.165, 1.54) is 51.4 Å². The smallest absolute Gasteiger partial charge is 0.0901 e. The van der Waals surface area contributed by atoms with Crippen LogP contribution in [0.15, 0.2) is 12.8 Å². The highest BCUT2D eigenvalue weighted by molar-refractivity contribution is 4.83. The van der Waals surface area contributed by atoms with Crippen LogP contribution in [0, 0.1) is 17.3 Å². The minimum atomic E-state index is 0.339. The van der Waals surface area contributed by atoms with Gasteiger partial charge in [-0.25, -0.2) is 0 Å². The van der Waals surface area contributed by atoms with Crippen molar-refractivity contribution < 1.29 is 14.2 Å². The standard InChI is InChI=1S/C19H34O3/c1-3-19(15-22-16-19)14-21-12-6-5-7-17-8-10-18(11-9-17)13-20-4-2/h4,17-18H,2-3,5-16H2,1H3. The Kier molecular flexibility index (Phi) is 7.74. The van der Waals surface area contributed by atoms with Crippen LogP contribution in [0.2, 0.25) is 0 Å². The van der Waals surface area contributed by atoms with Crippen LogP contribution in [-0.2, 0) is 14.2 Å². The molecule has 0 aromatic carbocycles. The number of ether oxygens (including phenoxy) is 3. The summed E-state index contributed by atoms with van der Waals surface area (Å²) in [4.78, 5) is 0. The molecular formula is C19H34O3. The van der Waals surface area contributed by atoms with Crippen LogP contribution >= 0.6 is 0 Å². The Morgan fingerprint density at radius 1 is 1.14 bits per heavy atom. The Balaban J connectivity index is 1.43. The van der Waals surface area contributed by atoms with Gasteiger partial charge in [-0.2, -0.15) is 0 Å². The van der Waals surface area contributed by atoms with E-state index in [1.807, 2.05) is 0 Å². The van der Waals surface area contributed by atoms with E-state index in [9.17, 15) is 0 Å². The van der Waals surface area contributed by atoms with Crippen LogP contribution in [0.3, 0.4) is 0 Å². The molecule has 0 aromatic rings. The normalized spacial score (nSPS) is 27.1. The molecule has 3 heteroatoms. The molecule has 0 bridgehead atoms. The molecule has 0 atom stereocenters. The summed E-state index contributed by atoms with van der Waals surface area (Å²) in [5.41, 5.74) is 0.339. The molecule has 0 spiro atoms. The van der Waals surface area contributed by atoms with Gasteiger partial charge in [-0.15, -0.1) is 0 Å².